The van der Waals surface area contributed by atoms with Gasteiger partial charge in [0.15, 0.2) is 0 Å². The molecule has 2 rings (SSSR count). The molecule has 0 aromatic heterocycles. The summed E-state index contributed by atoms with van der Waals surface area (Å²) < 4.78 is 38.1. The largest absolute Gasteiger partial charge is 0.416 e. The Hall–Kier alpha value is -2.54. The van der Waals surface area contributed by atoms with Gasteiger partial charge >= 0.3 is 6.18 Å². The molecule has 0 radical (unpaired) electrons. The molecule has 0 saturated carbocycles. The average molecular weight is 371 g/mol. The van der Waals surface area contributed by atoms with E-state index in [1.807, 2.05) is 6.92 Å². The molecule has 0 aliphatic heterocycles. The standard InChI is InChI=1S/C17H14ClF3N2O2/c1-10-2-5-12(6-3-10)22-15(24)9-16(25)23-14-8-11(17(19,20)21)4-7-13(14)18/h2-8H,9H2,1H3,(H,22,24)(H,23,25). The van der Waals surface area contributed by atoms with E-state index in [0.29, 0.717) is 5.69 Å². The number of halogens is 4. The first-order valence-corrected chi connectivity index (χ1v) is 7.56. The van der Waals surface area contributed by atoms with Crippen molar-refractivity contribution in [2.24, 2.45) is 0 Å². The van der Waals surface area contributed by atoms with Crippen molar-refractivity contribution in [2.75, 3.05) is 10.6 Å². The van der Waals surface area contributed by atoms with Crippen LogP contribution in [0.4, 0.5) is 24.5 Å². The smallest absolute Gasteiger partial charge is 0.326 e. The van der Waals surface area contributed by atoms with Gasteiger partial charge in [-0.15, -0.1) is 0 Å². The quantitative estimate of drug-likeness (QED) is 0.771. The number of amides is 2. The van der Waals surface area contributed by atoms with Gasteiger partial charge in [-0.3, -0.25) is 9.59 Å². The second kappa shape index (κ2) is 7.57. The minimum Gasteiger partial charge on any atom is -0.326 e. The lowest BCUT2D eigenvalue weighted by Crippen LogP contribution is -2.21. The van der Waals surface area contributed by atoms with Gasteiger partial charge in [-0.1, -0.05) is 29.3 Å². The molecule has 0 fully saturated rings. The number of aryl methyl sites for hydroxylation is 1. The fourth-order valence-corrected chi connectivity index (χ4v) is 2.14. The molecule has 0 bridgehead atoms. The molecule has 2 aromatic carbocycles. The Morgan fingerprint density at radius 2 is 1.60 bits per heavy atom. The van der Waals surface area contributed by atoms with Crippen LogP contribution >= 0.6 is 11.6 Å². The molecule has 0 aliphatic carbocycles. The number of rotatable bonds is 4. The Labute approximate surface area is 147 Å². The summed E-state index contributed by atoms with van der Waals surface area (Å²) in [4.78, 5) is 23.7. The Kier molecular flexibility index (Phi) is 5.69. The minimum atomic E-state index is -4.56. The number of hydrogen-bond acceptors (Lipinski definition) is 2. The van der Waals surface area contributed by atoms with Crippen LogP contribution in [0.2, 0.25) is 5.02 Å². The molecule has 0 aliphatic rings. The Morgan fingerprint density at radius 1 is 1.00 bits per heavy atom. The molecule has 0 spiro atoms. The van der Waals surface area contributed by atoms with Crippen molar-refractivity contribution in [2.45, 2.75) is 19.5 Å². The predicted octanol–water partition coefficient (Wildman–Crippen LogP) is 4.63. The van der Waals surface area contributed by atoms with Gasteiger partial charge in [-0.2, -0.15) is 13.2 Å². The third-order valence-corrected chi connectivity index (χ3v) is 3.55. The van der Waals surface area contributed by atoms with Gasteiger partial charge in [-0.25, -0.2) is 0 Å². The van der Waals surface area contributed by atoms with Crippen molar-refractivity contribution in [3.8, 4) is 0 Å². The molecule has 0 heterocycles. The molecular formula is C17H14ClF3N2O2. The zero-order chi connectivity index (χ0) is 18.6. The number of carbonyl (C=O) groups is 2. The van der Waals surface area contributed by atoms with E-state index in [9.17, 15) is 22.8 Å². The van der Waals surface area contributed by atoms with Gasteiger partial charge in [-0.05, 0) is 37.3 Å². The van der Waals surface area contributed by atoms with E-state index in [1.165, 1.54) is 0 Å². The molecule has 8 heteroatoms. The lowest BCUT2D eigenvalue weighted by molar-refractivity contribution is -0.137. The maximum atomic E-state index is 12.7. The highest BCUT2D eigenvalue weighted by Crippen LogP contribution is 2.33. The summed E-state index contributed by atoms with van der Waals surface area (Å²) in [5, 5.41) is 4.68. The van der Waals surface area contributed by atoms with Gasteiger partial charge in [0.1, 0.15) is 6.42 Å². The molecule has 25 heavy (non-hydrogen) atoms. The van der Waals surface area contributed by atoms with Crippen LogP contribution < -0.4 is 10.6 Å². The summed E-state index contributed by atoms with van der Waals surface area (Å²) in [5.74, 6) is -1.37. The van der Waals surface area contributed by atoms with E-state index in [0.717, 1.165) is 23.8 Å². The fourth-order valence-electron chi connectivity index (χ4n) is 1.98. The van der Waals surface area contributed by atoms with Gasteiger partial charge < -0.3 is 10.6 Å². The molecule has 2 N–H and O–H groups in total. The van der Waals surface area contributed by atoms with Crippen LogP contribution in [0, 0.1) is 6.92 Å². The first-order valence-electron chi connectivity index (χ1n) is 7.18. The molecule has 0 atom stereocenters. The van der Waals surface area contributed by atoms with Crippen molar-refractivity contribution in [1.29, 1.82) is 0 Å². The summed E-state index contributed by atoms with van der Waals surface area (Å²) in [6.07, 6.45) is -5.12. The lowest BCUT2D eigenvalue weighted by Gasteiger charge is -2.12. The fraction of sp³-hybridized carbons (Fsp3) is 0.176. The van der Waals surface area contributed by atoms with Crippen molar-refractivity contribution in [3.63, 3.8) is 0 Å². The van der Waals surface area contributed by atoms with Crippen LogP contribution in [0.25, 0.3) is 0 Å². The van der Waals surface area contributed by atoms with Crippen molar-refractivity contribution >= 4 is 34.8 Å². The molecule has 0 unspecified atom stereocenters. The van der Waals surface area contributed by atoms with Crippen LogP contribution in [0.3, 0.4) is 0 Å². The van der Waals surface area contributed by atoms with Crippen LogP contribution in [0.5, 0.6) is 0 Å². The van der Waals surface area contributed by atoms with E-state index in [-0.39, 0.29) is 10.7 Å². The Bertz CT molecular complexity index is 789. The van der Waals surface area contributed by atoms with E-state index < -0.39 is 30.0 Å². The van der Waals surface area contributed by atoms with Gasteiger partial charge in [0.05, 0.1) is 16.3 Å². The van der Waals surface area contributed by atoms with Crippen LogP contribution in [-0.4, -0.2) is 11.8 Å². The summed E-state index contributed by atoms with van der Waals surface area (Å²) in [6, 6.07) is 9.49. The Morgan fingerprint density at radius 3 is 2.20 bits per heavy atom. The Balaban J connectivity index is 2.00. The number of anilines is 2. The third-order valence-electron chi connectivity index (χ3n) is 3.22. The van der Waals surface area contributed by atoms with Crippen molar-refractivity contribution in [3.05, 3.63) is 58.6 Å². The molecule has 0 saturated heterocycles. The van der Waals surface area contributed by atoms with Crippen molar-refractivity contribution in [1.82, 2.24) is 0 Å². The minimum absolute atomic E-state index is 0.0553. The molecule has 4 nitrogen and oxygen atoms in total. The molecule has 132 valence electrons. The average Bonchev–Trinajstić information content (AvgIpc) is 2.50. The molecular weight excluding hydrogens is 357 g/mol. The number of carbonyl (C=O) groups excluding carboxylic acids is 2. The number of nitrogens with one attached hydrogen (secondary N) is 2. The summed E-state index contributed by atoms with van der Waals surface area (Å²) in [7, 11) is 0. The normalized spacial score (nSPS) is 11.1. The van der Waals surface area contributed by atoms with E-state index in [4.69, 9.17) is 11.6 Å². The van der Waals surface area contributed by atoms with E-state index in [1.54, 1.807) is 24.3 Å². The summed E-state index contributed by atoms with van der Waals surface area (Å²) in [6.45, 7) is 1.89. The highest BCUT2D eigenvalue weighted by atomic mass is 35.5. The third kappa shape index (κ3) is 5.49. The SMILES string of the molecule is Cc1ccc(NC(=O)CC(=O)Nc2cc(C(F)(F)F)ccc2Cl)cc1. The zero-order valence-corrected chi connectivity index (χ0v) is 13.8. The highest BCUT2D eigenvalue weighted by molar-refractivity contribution is 6.33. The number of alkyl halides is 3. The maximum Gasteiger partial charge on any atom is 0.416 e. The first kappa shape index (κ1) is 18.8. The monoisotopic (exact) mass is 370 g/mol. The second-order valence-corrected chi connectivity index (χ2v) is 5.74. The summed E-state index contributed by atoms with van der Waals surface area (Å²) in [5.41, 5.74) is 0.372. The maximum absolute atomic E-state index is 12.7. The lowest BCUT2D eigenvalue weighted by atomic mass is 10.2. The van der Waals surface area contributed by atoms with E-state index in [2.05, 4.69) is 10.6 Å². The molecule has 2 aromatic rings. The second-order valence-electron chi connectivity index (χ2n) is 5.33. The van der Waals surface area contributed by atoms with Crippen molar-refractivity contribution < 1.29 is 22.8 Å². The summed E-state index contributed by atoms with van der Waals surface area (Å²) >= 11 is 5.79. The van der Waals surface area contributed by atoms with Crippen LogP contribution in [-0.2, 0) is 15.8 Å². The van der Waals surface area contributed by atoms with Gasteiger partial charge in [0.25, 0.3) is 0 Å². The number of hydrogen-bond donors (Lipinski definition) is 2. The molecule has 2 amide bonds. The highest BCUT2D eigenvalue weighted by Gasteiger charge is 2.31. The zero-order valence-electron chi connectivity index (χ0n) is 13.1. The van der Waals surface area contributed by atoms with E-state index >= 15 is 0 Å². The van der Waals surface area contributed by atoms with Gasteiger partial charge in [0, 0.05) is 5.69 Å². The topological polar surface area (TPSA) is 58.2 Å². The number of benzene rings is 2. The van der Waals surface area contributed by atoms with Gasteiger partial charge in [0.2, 0.25) is 11.8 Å². The van der Waals surface area contributed by atoms with Crippen LogP contribution in [0.15, 0.2) is 42.5 Å². The van der Waals surface area contributed by atoms with Crippen LogP contribution in [0.1, 0.15) is 17.5 Å². The first-order chi connectivity index (χ1) is 11.6. The predicted molar refractivity (Wildman–Crippen MR) is 89.5 cm³/mol.